The van der Waals surface area contributed by atoms with E-state index in [1.807, 2.05) is 6.07 Å². The maximum Gasteiger partial charge on any atom is 0.259 e. The molecule has 1 N–H and O–H groups in total. The maximum absolute atomic E-state index is 13.2. The number of aromatic nitrogens is 3. The van der Waals surface area contributed by atoms with E-state index >= 15 is 0 Å². The van der Waals surface area contributed by atoms with Crippen molar-refractivity contribution in [3.63, 3.8) is 0 Å². The Morgan fingerprint density at radius 1 is 0.906 bits per heavy atom. The monoisotopic (exact) mass is 469 g/mol. The van der Waals surface area contributed by atoms with E-state index in [4.69, 9.17) is 23.2 Å². The molecule has 4 aromatic rings. The van der Waals surface area contributed by atoms with Crippen molar-refractivity contribution in [2.45, 2.75) is 0 Å². The number of hydrogen-bond acceptors (Lipinski definition) is 4. The summed E-state index contributed by atoms with van der Waals surface area (Å²) in [4.78, 5) is 44.5. The number of rotatable bonds is 2. The van der Waals surface area contributed by atoms with E-state index in [0.717, 1.165) is 0 Å². The van der Waals surface area contributed by atoms with Crippen LogP contribution < -0.4 is 5.56 Å². The molecule has 5 rings (SSSR count). The first kappa shape index (κ1) is 20.5. The Kier molecular flexibility index (Phi) is 5.11. The first-order chi connectivity index (χ1) is 15.4. The normalized spacial score (nSPS) is 14.3. The van der Waals surface area contributed by atoms with Crippen LogP contribution in [0.25, 0.3) is 16.6 Å². The molecule has 0 unspecified atom stereocenters. The van der Waals surface area contributed by atoms with Gasteiger partial charge in [0.25, 0.3) is 17.4 Å². The van der Waals surface area contributed by atoms with Crippen LogP contribution in [-0.2, 0) is 0 Å². The summed E-state index contributed by atoms with van der Waals surface area (Å²) in [5.41, 5.74) is 1.42. The van der Waals surface area contributed by atoms with E-state index in [9.17, 15) is 14.4 Å². The number of hydrogen-bond donors (Lipinski definition) is 1. The van der Waals surface area contributed by atoms with Crippen LogP contribution in [0.15, 0.2) is 53.5 Å². The third-order valence-electron chi connectivity index (χ3n) is 5.57. The van der Waals surface area contributed by atoms with Crippen molar-refractivity contribution in [1.82, 2.24) is 24.4 Å². The van der Waals surface area contributed by atoms with Crippen molar-refractivity contribution in [2.24, 2.45) is 0 Å². The number of aromatic amines is 1. The highest BCUT2D eigenvalue weighted by molar-refractivity contribution is 6.35. The molecule has 0 saturated carbocycles. The van der Waals surface area contributed by atoms with Gasteiger partial charge in [-0.25, -0.2) is 4.52 Å². The third-order valence-corrected chi connectivity index (χ3v) is 6.01. The van der Waals surface area contributed by atoms with Crippen molar-refractivity contribution in [3.8, 4) is 0 Å². The van der Waals surface area contributed by atoms with E-state index in [0.29, 0.717) is 63.9 Å². The second kappa shape index (κ2) is 7.96. The smallest absolute Gasteiger partial charge is 0.259 e. The minimum absolute atomic E-state index is 0.187. The zero-order chi connectivity index (χ0) is 22.4. The van der Waals surface area contributed by atoms with Gasteiger partial charge >= 0.3 is 0 Å². The second-order valence-corrected chi connectivity index (χ2v) is 8.41. The Balaban J connectivity index is 1.36. The summed E-state index contributed by atoms with van der Waals surface area (Å²) in [5.74, 6) is -0.433. The number of carbonyl (C=O) groups is 2. The van der Waals surface area contributed by atoms with Gasteiger partial charge in [-0.05, 0) is 30.3 Å². The molecule has 0 atom stereocenters. The summed E-state index contributed by atoms with van der Waals surface area (Å²) in [7, 11) is 0. The fourth-order valence-electron chi connectivity index (χ4n) is 3.98. The zero-order valence-electron chi connectivity index (χ0n) is 16.7. The first-order valence-electron chi connectivity index (χ1n) is 9.96. The number of fused-ring (bicyclic) bond motifs is 3. The topological polar surface area (TPSA) is 90.8 Å². The zero-order valence-corrected chi connectivity index (χ0v) is 18.2. The third kappa shape index (κ3) is 3.51. The van der Waals surface area contributed by atoms with Crippen molar-refractivity contribution < 1.29 is 9.59 Å². The molecule has 0 spiro atoms. The minimum Gasteiger partial charge on any atom is -0.335 e. The largest absolute Gasteiger partial charge is 0.335 e. The molecule has 2 aromatic carbocycles. The number of piperazine rings is 1. The lowest BCUT2D eigenvalue weighted by Crippen LogP contribution is -2.50. The molecule has 162 valence electrons. The minimum atomic E-state index is -0.279. The summed E-state index contributed by atoms with van der Waals surface area (Å²) in [6.45, 7) is 1.45. The average molecular weight is 470 g/mol. The highest BCUT2D eigenvalue weighted by atomic mass is 35.5. The average Bonchev–Trinajstić information content (AvgIpc) is 3.21. The number of benzene rings is 2. The number of para-hydroxylation sites is 1. The highest BCUT2D eigenvalue weighted by Crippen LogP contribution is 2.21. The summed E-state index contributed by atoms with van der Waals surface area (Å²) >= 11 is 12.0. The number of halogens is 2. The lowest BCUT2D eigenvalue weighted by atomic mass is 10.1. The summed E-state index contributed by atoms with van der Waals surface area (Å²) < 4.78 is 1.56. The molecule has 1 saturated heterocycles. The van der Waals surface area contributed by atoms with Gasteiger partial charge in [-0.2, -0.15) is 5.10 Å². The molecule has 1 fully saturated rings. The molecule has 2 amide bonds. The van der Waals surface area contributed by atoms with Gasteiger partial charge in [-0.15, -0.1) is 0 Å². The van der Waals surface area contributed by atoms with Gasteiger partial charge in [0.1, 0.15) is 11.2 Å². The second-order valence-electron chi connectivity index (χ2n) is 7.53. The van der Waals surface area contributed by atoms with Gasteiger partial charge in [0.05, 0.1) is 17.1 Å². The molecule has 0 bridgehead atoms. The predicted molar refractivity (Wildman–Crippen MR) is 122 cm³/mol. The van der Waals surface area contributed by atoms with Crippen LogP contribution in [0, 0.1) is 0 Å². The maximum atomic E-state index is 13.2. The summed E-state index contributed by atoms with van der Waals surface area (Å²) in [5, 5.41) is 5.59. The van der Waals surface area contributed by atoms with Crippen LogP contribution in [0.5, 0.6) is 0 Å². The van der Waals surface area contributed by atoms with Crippen LogP contribution in [0.3, 0.4) is 0 Å². The SMILES string of the molecule is O=C(c1cc(Cl)cc(Cl)c1)N1CCN(C(=O)c2cnn3c2[nH]c(=O)c2ccccc23)CC1. The van der Waals surface area contributed by atoms with Crippen LogP contribution in [0.1, 0.15) is 20.7 Å². The van der Waals surface area contributed by atoms with E-state index in [1.165, 1.54) is 6.20 Å². The Bertz CT molecular complexity index is 1420. The Morgan fingerprint density at radius 3 is 2.22 bits per heavy atom. The highest BCUT2D eigenvalue weighted by Gasteiger charge is 2.28. The summed E-state index contributed by atoms with van der Waals surface area (Å²) in [6, 6.07) is 11.8. The lowest BCUT2D eigenvalue weighted by Gasteiger charge is -2.34. The Labute approximate surface area is 191 Å². The van der Waals surface area contributed by atoms with Crippen molar-refractivity contribution >= 4 is 51.6 Å². The molecule has 10 heteroatoms. The molecule has 1 aliphatic heterocycles. The Morgan fingerprint density at radius 2 is 1.53 bits per heavy atom. The fraction of sp³-hybridized carbons (Fsp3) is 0.182. The van der Waals surface area contributed by atoms with Crippen LogP contribution >= 0.6 is 23.2 Å². The Hall–Kier alpha value is -3.36. The summed E-state index contributed by atoms with van der Waals surface area (Å²) in [6.07, 6.45) is 1.46. The van der Waals surface area contributed by atoms with Crippen molar-refractivity contribution in [1.29, 1.82) is 0 Å². The lowest BCUT2D eigenvalue weighted by molar-refractivity contribution is 0.0536. The van der Waals surface area contributed by atoms with Crippen LogP contribution in [0.2, 0.25) is 10.0 Å². The molecule has 8 nitrogen and oxygen atoms in total. The molecule has 0 aliphatic carbocycles. The first-order valence-corrected chi connectivity index (χ1v) is 10.7. The number of nitrogens with one attached hydrogen (secondary N) is 1. The van der Waals surface area contributed by atoms with Gasteiger partial charge in [-0.1, -0.05) is 35.3 Å². The van der Waals surface area contributed by atoms with E-state index in [2.05, 4.69) is 10.1 Å². The van der Waals surface area contributed by atoms with Crippen LogP contribution in [0.4, 0.5) is 0 Å². The number of carbonyl (C=O) groups excluding carboxylic acids is 2. The quantitative estimate of drug-likeness (QED) is 0.488. The molecule has 1 aliphatic rings. The molecule has 2 aromatic heterocycles. The van der Waals surface area contributed by atoms with Gasteiger partial charge in [0.15, 0.2) is 0 Å². The van der Waals surface area contributed by atoms with E-state index < -0.39 is 0 Å². The van der Waals surface area contributed by atoms with Gasteiger partial charge < -0.3 is 14.8 Å². The molecule has 3 heterocycles. The van der Waals surface area contributed by atoms with E-state index in [1.54, 1.807) is 50.7 Å². The van der Waals surface area contributed by atoms with Crippen molar-refractivity contribution in [2.75, 3.05) is 26.2 Å². The molecule has 32 heavy (non-hydrogen) atoms. The number of nitrogens with zero attached hydrogens (tertiary/aromatic N) is 4. The number of H-pyrrole nitrogens is 1. The van der Waals surface area contributed by atoms with Gasteiger partial charge in [-0.3, -0.25) is 14.4 Å². The van der Waals surface area contributed by atoms with Crippen LogP contribution in [-0.4, -0.2) is 62.4 Å². The predicted octanol–water partition coefficient (Wildman–Crippen LogP) is 3.08. The van der Waals surface area contributed by atoms with E-state index in [-0.39, 0.29) is 17.4 Å². The standard InChI is InChI=1S/C22H17Cl2N5O3/c23-14-9-13(10-15(24)11-14)21(31)27-5-7-28(8-6-27)22(32)17-12-25-29-18-4-2-1-3-16(18)20(30)26-19(17)29/h1-4,9-12H,5-8H2,(H,26,30). The molecular formula is C22H17Cl2N5O3. The van der Waals surface area contributed by atoms with Crippen molar-refractivity contribution in [3.05, 3.63) is 80.2 Å². The molecular weight excluding hydrogens is 453 g/mol. The molecule has 0 radical (unpaired) electrons. The number of amides is 2. The van der Waals surface area contributed by atoms with Gasteiger partial charge in [0, 0.05) is 41.8 Å². The fourth-order valence-corrected chi connectivity index (χ4v) is 4.50. The van der Waals surface area contributed by atoms with Gasteiger partial charge in [0.2, 0.25) is 0 Å².